The van der Waals surface area contributed by atoms with E-state index in [1.807, 2.05) is 52.0 Å². The van der Waals surface area contributed by atoms with Crippen LogP contribution in [0.25, 0.3) is 0 Å². The molecule has 0 bridgehead atoms. The number of carbonyl (C=O) groups is 1. The zero-order valence-electron chi connectivity index (χ0n) is 13.0. The molecule has 0 fully saturated rings. The van der Waals surface area contributed by atoms with E-state index >= 15 is 0 Å². The first-order chi connectivity index (χ1) is 10.3. The summed E-state index contributed by atoms with van der Waals surface area (Å²) < 4.78 is 5.25. The molecule has 1 heterocycles. The molecule has 0 aliphatic rings. The van der Waals surface area contributed by atoms with E-state index in [4.69, 9.17) is 16.1 Å². The standard InChI is InChI=1S/C16H19ClN2O2S/c1-10(22-12-8-6-5-7-11(12)17)15(20)18-14-9-13(21-19-14)16(2,3)4/h5-10H,1-4H3,(H,18,19,20). The van der Waals surface area contributed by atoms with Crippen LogP contribution in [0.3, 0.4) is 0 Å². The van der Waals surface area contributed by atoms with E-state index in [1.165, 1.54) is 11.8 Å². The lowest BCUT2D eigenvalue weighted by Gasteiger charge is -2.12. The fraction of sp³-hybridized carbons (Fsp3) is 0.375. The van der Waals surface area contributed by atoms with Gasteiger partial charge in [-0.15, -0.1) is 11.8 Å². The van der Waals surface area contributed by atoms with E-state index in [2.05, 4.69) is 10.5 Å². The Balaban J connectivity index is 2.00. The molecule has 0 aliphatic carbocycles. The third-order valence-corrected chi connectivity index (χ3v) is 4.63. The highest BCUT2D eigenvalue weighted by molar-refractivity contribution is 8.00. The number of hydrogen-bond acceptors (Lipinski definition) is 4. The summed E-state index contributed by atoms with van der Waals surface area (Å²) in [5.41, 5.74) is -0.145. The van der Waals surface area contributed by atoms with Crippen LogP contribution >= 0.6 is 23.4 Å². The predicted molar refractivity (Wildman–Crippen MR) is 90.6 cm³/mol. The van der Waals surface area contributed by atoms with Crippen LogP contribution in [0.2, 0.25) is 5.02 Å². The largest absolute Gasteiger partial charge is 0.359 e. The molecule has 1 aromatic heterocycles. The number of hydrogen-bond donors (Lipinski definition) is 1. The van der Waals surface area contributed by atoms with Gasteiger partial charge in [0.2, 0.25) is 5.91 Å². The molecule has 1 atom stereocenters. The van der Waals surface area contributed by atoms with Gasteiger partial charge in [0.05, 0.1) is 10.3 Å². The van der Waals surface area contributed by atoms with Crippen LogP contribution in [0.15, 0.2) is 39.8 Å². The summed E-state index contributed by atoms with van der Waals surface area (Å²) in [6, 6.07) is 9.21. The fourth-order valence-corrected chi connectivity index (χ4v) is 2.85. The number of rotatable bonds is 4. The van der Waals surface area contributed by atoms with Gasteiger partial charge in [0.15, 0.2) is 5.82 Å². The van der Waals surface area contributed by atoms with Gasteiger partial charge in [0.1, 0.15) is 5.76 Å². The van der Waals surface area contributed by atoms with E-state index in [-0.39, 0.29) is 16.6 Å². The predicted octanol–water partition coefficient (Wildman–Crippen LogP) is 4.74. The normalized spacial score (nSPS) is 13.0. The summed E-state index contributed by atoms with van der Waals surface area (Å²) >= 11 is 7.51. The zero-order chi connectivity index (χ0) is 16.3. The number of nitrogens with zero attached hydrogens (tertiary/aromatic N) is 1. The van der Waals surface area contributed by atoms with Gasteiger partial charge < -0.3 is 9.84 Å². The van der Waals surface area contributed by atoms with Crippen molar-refractivity contribution in [3.8, 4) is 0 Å². The number of anilines is 1. The van der Waals surface area contributed by atoms with Crippen molar-refractivity contribution < 1.29 is 9.32 Å². The molecule has 4 nitrogen and oxygen atoms in total. The molecule has 0 saturated heterocycles. The molecule has 2 rings (SSSR count). The van der Waals surface area contributed by atoms with Crippen molar-refractivity contribution in [2.45, 2.75) is 43.3 Å². The summed E-state index contributed by atoms with van der Waals surface area (Å²) in [5, 5.41) is 7.00. The van der Waals surface area contributed by atoms with E-state index in [1.54, 1.807) is 6.07 Å². The number of carbonyl (C=O) groups excluding carboxylic acids is 1. The van der Waals surface area contributed by atoms with Crippen LogP contribution in [0.4, 0.5) is 5.82 Å². The van der Waals surface area contributed by atoms with Crippen molar-refractivity contribution in [2.75, 3.05) is 5.32 Å². The fourth-order valence-electron chi connectivity index (χ4n) is 1.70. The van der Waals surface area contributed by atoms with E-state index in [0.29, 0.717) is 10.8 Å². The van der Waals surface area contributed by atoms with E-state index in [0.717, 1.165) is 10.7 Å². The Morgan fingerprint density at radius 1 is 1.36 bits per heavy atom. The van der Waals surface area contributed by atoms with Gasteiger partial charge in [-0.3, -0.25) is 4.79 Å². The lowest BCUT2D eigenvalue weighted by Crippen LogP contribution is -2.22. The Hall–Kier alpha value is -1.46. The Morgan fingerprint density at radius 2 is 2.05 bits per heavy atom. The number of aromatic nitrogens is 1. The van der Waals surface area contributed by atoms with Crippen LogP contribution in [0.1, 0.15) is 33.5 Å². The van der Waals surface area contributed by atoms with Crippen molar-refractivity contribution in [1.29, 1.82) is 0 Å². The van der Waals surface area contributed by atoms with E-state index in [9.17, 15) is 4.79 Å². The first-order valence-corrected chi connectivity index (χ1v) is 8.22. The first-order valence-electron chi connectivity index (χ1n) is 6.96. The number of benzene rings is 1. The number of thioether (sulfide) groups is 1. The van der Waals surface area contributed by atoms with Crippen molar-refractivity contribution in [3.63, 3.8) is 0 Å². The molecular weight excluding hydrogens is 320 g/mol. The maximum atomic E-state index is 12.2. The maximum absolute atomic E-state index is 12.2. The SMILES string of the molecule is CC(Sc1ccccc1Cl)C(=O)Nc1cc(C(C)(C)C)on1. The second kappa shape index (κ2) is 6.75. The quantitative estimate of drug-likeness (QED) is 0.818. The molecule has 0 spiro atoms. The van der Waals surface area contributed by atoms with Gasteiger partial charge in [0, 0.05) is 16.4 Å². The van der Waals surface area contributed by atoms with Crippen molar-refractivity contribution >= 4 is 35.1 Å². The number of amides is 1. The minimum absolute atomic E-state index is 0.140. The Morgan fingerprint density at radius 3 is 2.64 bits per heavy atom. The average molecular weight is 339 g/mol. The molecule has 0 radical (unpaired) electrons. The highest BCUT2D eigenvalue weighted by atomic mass is 35.5. The molecule has 1 unspecified atom stereocenters. The van der Waals surface area contributed by atoms with Gasteiger partial charge in [-0.2, -0.15) is 0 Å². The second-order valence-electron chi connectivity index (χ2n) is 6.01. The Kier molecular flexibility index (Phi) is 5.19. The monoisotopic (exact) mass is 338 g/mol. The summed E-state index contributed by atoms with van der Waals surface area (Å²) in [6.07, 6.45) is 0. The smallest absolute Gasteiger partial charge is 0.238 e. The lowest BCUT2D eigenvalue weighted by molar-refractivity contribution is -0.115. The van der Waals surface area contributed by atoms with Crippen LogP contribution in [-0.4, -0.2) is 16.3 Å². The Labute approximate surface area is 139 Å². The molecule has 1 N–H and O–H groups in total. The third kappa shape index (κ3) is 4.27. The van der Waals surface area contributed by atoms with Gasteiger partial charge in [-0.25, -0.2) is 0 Å². The molecule has 0 saturated carbocycles. The van der Waals surface area contributed by atoms with Gasteiger partial charge in [0.25, 0.3) is 0 Å². The molecular formula is C16H19ClN2O2S. The minimum atomic E-state index is -0.297. The average Bonchev–Trinajstić information content (AvgIpc) is 2.89. The third-order valence-electron chi connectivity index (χ3n) is 3.01. The minimum Gasteiger partial charge on any atom is -0.359 e. The summed E-state index contributed by atoms with van der Waals surface area (Å²) in [5.74, 6) is 1.02. The molecule has 6 heteroatoms. The van der Waals surface area contributed by atoms with E-state index < -0.39 is 0 Å². The second-order valence-corrected chi connectivity index (χ2v) is 7.80. The zero-order valence-corrected chi connectivity index (χ0v) is 14.6. The molecule has 118 valence electrons. The molecule has 1 amide bonds. The van der Waals surface area contributed by atoms with Crippen LogP contribution in [0.5, 0.6) is 0 Å². The number of halogens is 1. The highest BCUT2D eigenvalue weighted by Gasteiger charge is 2.22. The van der Waals surface area contributed by atoms with Crippen LogP contribution < -0.4 is 5.32 Å². The Bertz CT molecular complexity index is 664. The summed E-state index contributed by atoms with van der Waals surface area (Å²) in [7, 11) is 0. The van der Waals surface area contributed by atoms with Crippen molar-refractivity contribution in [3.05, 3.63) is 41.1 Å². The maximum Gasteiger partial charge on any atom is 0.238 e. The first kappa shape index (κ1) is 16.9. The molecule has 22 heavy (non-hydrogen) atoms. The van der Waals surface area contributed by atoms with Crippen LogP contribution in [-0.2, 0) is 10.2 Å². The van der Waals surface area contributed by atoms with Crippen molar-refractivity contribution in [1.82, 2.24) is 5.16 Å². The van der Waals surface area contributed by atoms with Gasteiger partial charge in [-0.05, 0) is 19.1 Å². The van der Waals surface area contributed by atoms with Crippen molar-refractivity contribution in [2.24, 2.45) is 0 Å². The van der Waals surface area contributed by atoms with Crippen LogP contribution in [0, 0.1) is 0 Å². The van der Waals surface area contributed by atoms with Gasteiger partial charge in [-0.1, -0.05) is 49.7 Å². The van der Waals surface area contributed by atoms with Gasteiger partial charge >= 0.3 is 0 Å². The summed E-state index contributed by atoms with van der Waals surface area (Å²) in [6.45, 7) is 7.90. The highest BCUT2D eigenvalue weighted by Crippen LogP contribution is 2.30. The summed E-state index contributed by atoms with van der Waals surface area (Å²) in [4.78, 5) is 13.1. The molecule has 2 aromatic rings. The lowest BCUT2D eigenvalue weighted by atomic mass is 9.93. The molecule has 1 aromatic carbocycles. The topological polar surface area (TPSA) is 55.1 Å². The number of nitrogens with one attached hydrogen (secondary N) is 1. The molecule has 0 aliphatic heterocycles.